The molecule has 6 aromatic carbocycles. The van der Waals surface area contributed by atoms with Gasteiger partial charge in [-0.25, -0.2) is 44.6 Å². The van der Waals surface area contributed by atoms with Gasteiger partial charge in [0.1, 0.15) is 15.4 Å². The fourth-order valence-electron chi connectivity index (χ4n) is 7.16. The van der Waals surface area contributed by atoms with Crippen LogP contribution in [0.2, 0.25) is 0 Å². The molecule has 4 amide bonds. The molecule has 0 radical (unpaired) electrons. The monoisotopic (exact) mass is 976 g/mol. The molecule has 0 fully saturated rings. The first-order valence-electron chi connectivity index (χ1n) is 22.0. The number of nitrogens with one attached hydrogen (secondary N) is 2. The summed E-state index contributed by atoms with van der Waals surface area (Å²) in [4.78, 5) is 48.4. The van der Waals surface area contributed by atoms with Gasteiger partial charge in [-0.3, -0.25) is 0 Å². The van der Waals surface area contributed by atoms with Crippen LogP contribution in [0.25, 0.3) is 0 Å². The van der Waals surface area contributed by atoms with Crippen molar-refractivity contribution in [2.75, 3.05) is 10.6 Å². The summed E-state index contributed by atoms with van der Waals surface area (Å²) in [7, 11) is -8.23. The van der Waals surface area contributed by atoms with Crippen LogP contribution in [0.5, 0.6) is 0 Å². The molecular weight excluding hydrogens is 929 g/mol. The summed E-state index contributed by atoms with van der Waals surface area (Å²) in [6.07, 6.45) is 2.86. The number of urea groups is 2. The van der Waals surface area contributed by atoms with E-state index in [9.17, 15) is 36.0 Å². The molecule has 2 aliphatic heterocycles. The van der Waals surface area contributed by atoms with E-state index in [2.05, 4.69) is 34.3 Å². The van der Waals surface area contributed by atoms with Crippen molar-refractivity contribution in [3.63, 3.8) is 0 Å². The molecule has 0 atom stereocenters. The van der Waals surface area contributed by atoms with Crippen LogP contribution in [0.15, 0.2) is 155 Å². The highest BCUT2D eigenvalue weighted by atomic mass is 32.2. The van der Waals surface area contributed by atoms with E-state index in [4.69, 9.17) is 9.84 Å². The SMILES string of the molecule is CC(C)(C)OC(=O)c1ccc(CN2C(=O)Nc3ccc(C#CCCc4ccccc4)cc3S2(=O)=O)cc1.O=C(O)c1ccc(CN2C(=O)Nc3ccc(C#CCCc4ccccc4)cc3S2(=O)=O)cc1. The second-order valence-corrected chi connectivity index (χ2v) is 20.7. The number of carbonyl (C=O) groups is 4. The number of anilines is 2. The lowest BCUT2D eigenvalue weighted by Gasteiger charge is -2.29. The minimum atomic E-state index is -4.12. The fourth-order valence-corrected chi connectivity index (χ4v) is 10.1. The maximum atomic E-state index is 13.4. The lowest BCUT2D eigenvalue weighted by molar-refractivity contribution is 0.00690. The zero-order chi connectivity index (χ0) is 50.1. The Morgan fingerprint density at radius 3 is 1.34 bits per heavy atom. The summed E-state index contributed by atoms with van der Waals surface area (Å²) >= 11 is 0. The van der Waals surface area contributed by atoms with Crippen molar-refractivity contribution in [1.29, 1.82) is 0 Å². The van der Waals surface area contributed by atoms with Crippen molar-refractivity contribution < 1.29 is 45.9 Å². The number of carboxylic acids is 1. The quantitative estimate of drug-likeness (QED) is 0.0879. The molecule has 0 aromatic heterocycles. The molecule has 70 heavy (non-hydrogen) atoms. The molecule has 6 aromatic rings. The van der Waals surface area contributed by atoms with Crippen molar-refractivity contribution in [3.05, 3.63) is 190 Å². The summed E-state index contributed by atoms with van der Waals surface area (Å²) in [6.45, 7) is 4.92. The van der Waals surface area contributed by atoms with Crippen LogP contribution in [0.4, 0.5) is 21.0 Å². The summed E-state index contributed by atoms with van der Waals surface area (Å²) in [5, 5.41) is 14.3. The standard InChI is InChI=1S/C29H28N2O5S.C25H20N2O5S/c1-29(2,3)36-27(32)24-16-13-23(14-17-24)20-31-28(33)30-25-18-15-22(19-26(25)37(31,34)35)12-8-7-11-21-9-5-4-6-10-21;28-24(29)21-13-10-20(11-14-21)17-27-25(30)26-22-15-12-19(16-23(22)33(27,31)32)9-5-4-8-18-6-2-1-3-7-18/h4-6,9-10,13-19H,7,11,20H2,1-3H3,(H,30,33);1-3,6-7,10-16H,4,8,17H2,(H,26,30)(H,28,29). The van der Waals surface area contributed by atoms with E-state index in [-0.39, 0.29) is 39.8 Å². The third-order valence-electron chi connectivity index (χ3n) is 10.7. The van der Waals surface area contributed by atoms with E-state index in [1.54, 1.807) is 63.2 Å². The Kier molecular flexibility index (Phi) is 15.2. The maximum Gasteiger partial charge on any atom is 0.338 e. The molecule has 16 heteroatoms. The number of ether oxygens (including phenoxy) is 1. The number of aromatic carboxylic acids is 1. The first kappa shape index (κ1) is 49.7. The van der Waals surface area contributed by atoms with Gasteiger partial charge in [0.15, 0.2) is 0 Å². The predicted molar refractivity (Wildman–Crippen MR) is 265 cm³/mol. The molecule has 0 aliphatic carbocycles. The summed E-state index contributed by atoms with van der Waals surface area (Å²) in [6, 6.07) is 39.8. The topological polar surface area (TPSA) is 197 Å². The minimum absolute atomic E-state index is 0.00710. The number of rotatable bonds is 10. The van der Waals surface area contributed by atoms with Crippen LogP contribution in [-0.4, -0.2) is 60.2 Å². The number of carbonyl (C=O) groups excluding carboxylic acids is 3. The molecule has 0 saturated heterocycles. The molecule has 8 rings (SSSR count). The van der Waals surface area contributed by atoms with Gasteiger partial charge >= 0.3 is 24.0 Å². The van der Waals surface area contributed by atoms with Gasteiger partial charge in [0.2, 0.25) is 0 Å². The number of amides is 4. The second kappa shape index (κ2) is 21.4. The smallest absolute Gasteiger partial charge is 0.338 e. The number of sulfonamides is 2. The van der Waals surface area contributed by atoms with Crippen molar-refractivity contribution in [1.82, 2.24) is 8.61 Å². The normalized spacial score (nSPS) is 14.0. The van der Waals surface area contributed by atoms with E-state index >= 15 is 0 Å². The van der Waals surface area contributed by atoms with Crippen molar-refractivity contribution in [3.8, 4) is 23.7 Å². The highest BCUT2D eigenvalue weighted by molar-refractivity contribution is 7.90. The van der Waals surface area contributed by atoms with Gasteiger partial charge in [0.05, 0.1) is 35.6 Å². The summed E-state index contributed by atoms with van der Waals surface area (Å²) in [5.74, 6) is 10.6. The Morgan fingerprint density at radius 1 is 0.557 bits per heavy atom. The van der Waals surface area contributed by atoms with Crippen LogP contribution in [0.1, 0.15) is 87.7 Å². The largest absolute Gasteiger partial charge is 0.478 e. The molecular formula is C54H48N4O10S2. The van der Waals surface area contributed by atoms with Crippen molar-refractivity contribution in [2.24, 2.45) is 0 Å². The number of fused-ring (bicyclic) bond motifs is 2. The zero-order valence-corrected chi connectivity index (χ0v) is 40.1. The van der Waals surface area contributed by atoms with E-state index in [1.807, 2.05) is 60.7 Å². The second-order valence-electron chi connectivity index (χ2n) is 17.1. The maximum absolute atomic E-state index is 13.4. The van der Waals surface area contributed by atoms with Crippen molar-refractivity contribution in [2.45, 2.75) is 74.9 Å². The number of aryl methyl sites for hydroxylation is 2. The third kappa shape index (κ3) is 12.5. The number of nitrogens with zero attached hydrogens (tertiary/aromatic N) is 2. The minimum Gasteiger partial charge on any atom is -0.478 e. The molecule has 356 valence electrons. The fraction of sp³-hybridized carbons (Fsp3) is 0.185. The molecule has 14 nitrogen and oxygen atoms in total. The van der Waals surface area contributed by atoms with E-state index in [0.29, 0.717) is 40.7 Å². The first-order chi connectivity index (χ1) is 33.4. The molecule has 0 saturated carbocycles. The molecule has 0 bridgehead atoms. The van der Waals surface area contributed by atoms with E-state index in [1.165, 1.54) is 53.6 Å². The van der Waals surface area contributed by atoms with Gasteiger partial charge in [-0.2, -0.15) is 0 Å². The van der Waals surface area contributed by atoms with E-state index in [0.717, 1.165) is 21.5 Å². The van der Waals surface area contributed by atoms with Gasteiger partial charge < -0.3 is 20.5 Å². The zero-order valence-electron chi connectivity index (χ0n) is 38.4. The number of hydrogen-bond acceptors (Lipinski definition) is 9. The summed E-state index contributed by atoms with van der Waals surface area (Å²) in [5.41, 5.74) is 4.68. The van der Waals surface area contributed by atoms with E-state index < -0.39 is 49.6 Å². The molecule has 2 aliphatic rings. The lowest BCUT2D eigenvalue weighted by Crippen LogP contribution is -2.43. The highest BCUT2D eigenvalue weighted by Gasteiger charge is 2.38. The Hall–Kier alpha value is -8.18. The van der Waals surface area contributed by atoms with Crippen LogP contribution in [-0.2, 0) is 50.7 Å². The van der Waals surface area contributed by atoms with Crippen LogP contribution in [0, 0.1) is 23.7 Å². The van der Waals surface area contributed by atoms with Gasteiger partial charge in [0, 0.05) is 24.0 Å². The number of esters is 1. The Morgan fingerprint density at radius 2 is 0.957 bits per heavy atom. The highest BCUT2D eigenvalue weighted by Crippen LogP contribution is 2.33. The molecule has 3 N–H and O–H groups in total. The van der Waals surface area contributed by atoms with Gasteiger partial charge in [0.25, 0.3) is 20.0 Å². The van der Waals surface area contributed by atoms with Gasteiger partial charge in [-0.05, 0) is 117 Å². The first-order valence-corrected chi connectivity index (χ1v) is 24.9. The van der Waals surface area contributed by atoms with Crippen LogP contribution < -0.4 is 10.6 Å². The number of carboxylic acid groups (broad SMARTS) is 1. The Balaban J connectivity index is 0.000000208. The van der Waals surface area contributed by atoms with Crippen LogP contribution >= 0.6 is 0 Å². The number of benzene rings is 6. The average Bonchev–Trinajstić information content (AvgIpc) is 3.33. The molecule has 0 unspecified atom stereocenters. The van der Waals surface area contributed by atoms with Gasteiger partial charge in [-0.1, -0.05) is 109 Å². The summed E-state index contributed by atoms with van der Waals surface area (Å²) < 4.78 is 60.0. The predicted octanol–water partition coefficient (Wildman–Crippen LogP) is 9.47. The molecule has 2 heterocycles. The molecule has 0 spiro atoms. The Labute approximate surface area is 407 Å². The third-order valence-corrected chi connectivity index (χ3v) is 14.2. The Bertz CT molecular complexity index is 3300. The average molecular weight is 977 g/mol. The van der Waals surface area contributed by atoms with Gasteiger partial charge in [-0.15, -0.1) is 0 Å². The van der Waals surface area contributed by atoms with Crippen molar-refractivity contribution >= 4 is 55.4 Å². The van der Waals surface area contributed by atoms with Crippen LogP contribution in [0.3, 0.4) is 0 Å². The lowest BCUT2D eigenvalue weighted by atomic mass is 10.1. The number of hydrogen-bond donors (Lipinski definition) is 3.